The first kappa shape index (κ1) is 12.6. The van der Waals surface area contributed by atoms with Gasteiger partial charge in [-0.05, 0) is 31.7 Å². The van der Waals surface area contributed by atoms with E-state index in [2.05, 4.69) is 46.9 Å². The number of aromatic nitrogens is 1. The third-order valence-electron chi connectivity index (χ3n) is 2.66. The highest BCUT2D eigenvalue weighted by Crippen LogP contribution is 2.25. The van der Waals surface area contributed by atoms with Crippen molar-refractivity contribution in [1.82, 2.24) is 10.3 Å². The van der Waals surface area contributed by atoms with Crippen LogP contribution in [-0.2, 0) is 5.75 Å². The number of hydrogen-bond donors (Lipinski definition) is 1. The Morgan fingerprint density at radius 3 is 3.06 bits per heavy atom. The van der Waals surface area contributed by atoms with Gasteiger partial charge in [-0.25, -0.2) is 4.98 Å². The Balaban J connectivity index is 2.01. The molecule has 0 spiro atoms. The molecule has 2 rings (SSSR count). The van der Waals surface area contributed by atoms with Gasteiger partial charge in [-0.3, -0.25) is 0 Å². The Kier molecular flexibility index (Phi) is 4.59. The normalized spacial score (nSPS) is 12.6. The molecule has 0 radical (unpaired) electrons. The van der Waals surface area contributed by atoms with E-state index < -0.39 is 0 Å². The highest BCUT2D eigenvalue weighted by molar-refractivity contribution is 7.98. The molecule has 90 valence electrons. The maximum absolute atomic E-state index is 4.29. The van der Waals surface area contributed by atoms with Crippen molar-refractivity contribution < 1.29 is 0 Å². The van der Waals surface area contributed by atoms with E-state index >= 15 is 0 Å². The first-order chi connectivity index (χ1) is 8.29. The van der Waals surface area contributed by atoms with E-state index in [-0.39, 0.29) is 0 Å². The summed E-state index contributed by atoms with van der Waals surface area (Å²) in [4.78, 5) is 5.59. The minimum absolute atomic E-state index is 0.398. The van der Waals surface area contributed by atoms with Gasteiger partial charge in [0.15, 0.2) is 0 Å². The third-order valence-corrected chi connectivity index (χ3v) is 4.32. The lowest BCUT2D eigenvalue weighted by Gasteiger charge is -2.11. The van der Waals surface area contributed by atoms with Crippen LogP contribution in [0.4, 0.5) is 0 Å². The van der Waals surface area contributed by atoms with Crippen molar-refractivity contribution in [1.29, 1.82) is 0 Å². The van der Waals surface area contributed by atoms with Crippen molar-refractivity contribution in [2.45, 2.75) is 23.6 Å². The first-order valence-electron chi connectivity index (χ1n) is 5.56. The minimum Gasteiger partial charge on any atom is -0.313 e. The lowest BCUT2D eigenvalue weighted by Crippen LogP contribution is -2.11. The molecule has 0 fully saturated rings. The van der Waals surface area contributed by atoms with Crippen LogP contribution in [0, 0.1) is 0 Å². The van der Waals surface area contributed by atoms with Crippen LogP contribution < -0.4 is 5.32 Å². The maximum Gasteiger partial charge on any atom is 0.0795 e. The molecule has 1 heterocycles. The Labute approximate surface area is 110 Å². The molecule has 17 heavy (non-hydrogen) atoms. The van der Waals surface area contributed by atoms with Crippen molar-refractivity contribution in [3.8, 4) is 0 Å². The third kappa shape index (κ3) is 3.56. The number of benzene rings is 1. The fourth-order valence-corrected chi connectivity index (χ4v) is 3.04. The monoisotopic (exact) mass is 264 g/mol. The van der Waals surface area contributed by atoms with Crippen LogP contribution in [0.25, 0.3) is 0 Å². The van der Waals surface area contributed by atoms with E-state index in [4.69, 9.17) is 0 Å². The number of thiazole rings is 1. The van der Waals surface area contributed by atoms with Crippen molar-refractivity contribution >= 4 is 23.1 Å². The largest absolute Gasteiger partial charge is 0.313 e. The highest BCUT2D eigenvalue weighted by Gasteiger charge is 2.04. The molecule has 0 saturated heterocycles. The summed E-state index contributed by atoms with van der Waals surface area (Å²) >= 11 is 3.49. The maximum atomic E-state index is 4.29. The van der Waals surface area contributed by atoms with Gasteiger partial charge in [0.1, 0.15) is 0 Å². The van der Waals surface area contributed by atoms with Gasteiger partial charge in [-0.2, -0.15) is 0 Å². The number of rotatable bonds is 5. The summed E-state index contributed by atoms with van der Waals surface area (Å²) in [5.41, 5.74) is 4.37. The SMILES string of the molecule is CNC(C)c1cccc(SCc2cscn2)c1. The molecule has 0 aliphatic carbocycles. The Morgan fingerprint density at radius 1 is 1.47 bits per heavy atom. The second-order valence-corrected chi connectivity index (χ2v) is 5.62. The van der Waals surface area contributed by atoms with Gasteiger partial charge in [0.2, 0.25) is 0 Å². The van der Waals surface area contributed by atoms with Crippen LogP contribution in [-0.4, -0.2) is 12.0 Å². The molecule has 0 bridgehead atoms. The molecule has 2 nitrogen and oxygen atoms in total. The summed E-state index contributed by atoms with van der Waals surface area (Å²) in [7, 11) is 1.99. The average molecular weight is 264 g/mol. The molecule has 1 aromatic carbocycles. The van der Waals surface area contributed by atoms with Crippen LogP contribution in [0.3, 0.4) is 0 Å². The van der Waals surface area contributed by atoms with E-state index in [1.165, 1.54) is 10.5 Å². The van der Waals surface area contributed by atoms with Crippen molar-refractivity contribution in [2.75, 3.05) is 7.05 Å². The van der Waals surface area contributed by atoms with Gasteiger partial charge in [0, 0.05) is 22.1 Å². The number of nitrogens with zero attached hydrogens (tertiary/aromatic N) is 1. The van der Waals surface area contributed by atoms with Gasteiger partial charge >= 0.3 is 0 Å². The molecule has 1 aromatic heterocycles. The summed E-state index contributed by atoms with van der Waals surface area (Å²) in [6, 6.07) is 9.08. The molecule has 4 heteroatoms. The fourth-order valence-electron chi connectivity index (χ4n) is 1.51. The van der Waals surface area contributed by atoms with Crippen LogP contribution in [0.2, 0.25) is 0 Å². The second kappa shape index (κ2) is 6.19. The van der Waals surface area contributed by atoms with Crippen LogP contribution >= 0.6 is 23.1 Å². The smallest absolute Gasteiger partial charge is 0.0795 e. The lowest BCUT2D eigenvalue weighted by atomic mass is 10.1. The quantitative estimate of drug-likeness (QED) is 0.833. The number of hydrogen-bond acceptors (Lipinski definition) is 4. The summed E-state index contributed by atoms with van der Waals surface area (Å²) in [6.45, 7) is 2.17. The zero-order chi connectivity index (χ0) is 12.1. The van der Waals surface area contributed by atoms with Crippen LogP contribution in [0.1, 0.15) is 24.2 Å². The molecule has 0 saturated carbocycles. The van der Waals surface area contributed by atoms with Crippen molar-refractivity contribution in [3.05, 3.63) is 46.4 Å². The molecule has 1 N–H and O–H groups in total. The molecule has 1 atom stereocenters. The van der Waals surface area contributed by atoms with Crippen molar-refractivity contribution in [2.24, 2.45) is 0 Å². The number of thioether (sulfide) groups is 1. The zero-order valence-electron chi connectivity index (χ0n) is 10.0. The average Bonchev–Trinajstić information content (AvgIpc) is 2.89. The van der Waals surface area contributed by atoms with Gasteiger partial charge in [0.05, 0.1) is 11.2 Å². The second-order valence-electron chi connectivity index (χ2n) is 3.85. The predicted molar refractivity (Wildman–Crippen MR) is 75.6 cm³/mol. The van der Waals surface area contributed by atoms with Crippen LogP contribution in [0.15, 0.2) is 40.1 Å². The molecular weight excluding hydrogens is 248 g/mol. The number of nitrogens with one attached hydrogen (secondary N) is 1. The van der Waals surface area contributed by atoms with Gasteiger partial charge < -0.3 is 5.32 Å². The molecule has 0 aliphatic rings. The summed E-state index contributed by atoms with van der Waals surface area (Å²) in [5.74, 6) is 0.945. The predicted octanol–water partition coefficient (Wildman–Crippen LogP) is 3.72. The summed E-state index contributed by atoms with van der Waals surface area (Å²) in [6.07, 6.45) is 0. The summed E-state index contributed by atoms with van der Waals surface area (Å²) < 4.78 is 0. The zero-order valence-corrected chi connectivity index (χ0v) is 11.6. The molecule has 1 unspecified atom stereocenters. The van der Waals surface area contributed by atoms with E-state index in [0.29, 0.717) is 6.04 Å². The minimum atomic E-state index is 0.398. The van der Waals surface area contributed by atoms with E-state index in [0.717, 1.165) is 11.4 Å². The van der Waals surface area contributed by atoms with E-state index in [1.54, 1.807) is 11.3 Å². The molecule has 0 amide bonds. The molecular formula is C13H16N2S2. The lowest BCUT2D eigenvalue weighted by molar-refractivity contribution is 0.651. The molecule has 2 aromatic rings. The van der Waals surface area contributed by atoms with Gasteiger partial charge in [-0.1, -0.05) is 12.1 Å². The Morgan fingerprint density at radius 2 is 2.35 bits per heavy atom. The summed E-state index contributed by atoms with van der Waals surface area (Å²) in [5, 5.41) is 5.36. The van der Waals surface area contributed by atoms with Crippen LogP contribution in [0.5, 0.6) is 0 Å². The topological polar surface area (TPSA) is 24.9 Å². The van der Waals surface area contributed by atoms with Gasteiger partial charge in [-0.15, -0.1) is 23.1 Å². The fraction of sp³-hybridized carbons (Fsp3) is 0.308. The first-order valence-corrected chi connectivity index (χ1v) is 7.49. The Hall–Kier alpha value is -0.840. The van der Waals surface area contributed by atoms with E-state index in [1.807, 2.05) is 24.3 Å². The van der Waals surface area contributed by atoms with Crippen molar-refractivity contribution in [3.63, 3.8) is 0 Å². The highest BCUT2D eigenvalue weighted by atomic mass is 32.2. The van der Waals surface area contributed by atoms with Gasteiger partial charge in [0.25, 0.3) is 0 Å². The van der Waals surface area contributed by atoms with E-state index in [9.17, 15) is 0 Å². The Bertz CT molecular complexity index is 454. The molecule has 0 aliphatic heterocycles. The standard InChI is InChI=1S/C13H16N2S2/c1-10(14-2)11-4-3-5-13(6-11)17-8-12-7-16-9-15-12/h3-7,9-10,14H,8H2,1-2H3.